The van der Waals surface area contributed by atoms with Crippen LogP contribution in [0, 0.1) is 18.8 Å². The number of aryl methyl sites for hydroxylation is 1. The summed E-state index contributed by atoms with van der Waals surface area (Å²) < 4.78 is 21.0. The number of rotatable bonds is 18. The van der Waals surface area contributed by atoms with Gasteiger partial charge in [0.2, 0.25) is 5.91 Å². The van der Waals surface area contributed by atoms with E-state index in [1.165, 1.54) is 38.4 Å². The van der Waals surface area contributed by atoms with Crippen molar-refractivity contribution in [2.75, 3.05) is 137 Å². The number of urea groups is 2. The molecule has 28 nitrogen and oxygen atoms in total. The number of carboxylic acid groups (broad SMARTS) is 1. The highest BCUT2D eigenvalue weighted by Gasteiger charge is 2.36. The summed E-state index contributed by atoms with van der Waals surface area (Å²) in [6, 6.07) is 50.3. The molecule has 16 heterocycles. The van der Waals surface area contributed by atoms with Gasteiger partial charge in [-0.15, -0.1) is 17.5 Å². The number of morpholine rings is 1. The number of carboxylic acids is 1. The molecule has 6 aliphatic heterocycles. The largest absolute Gasteiger partial charge is 0.481 e. The van der Waals surface area contributed by atoms with Crippen molar-refractivity contribution in [2.45, 2.75) is 134 Å². The zero-order valence-corrected chi connectivity index (χ0v) is 85.8. The SMILES string of the molecule is CCOC(=O)C1CCN(c2nn(-c3ccc(C)cc3)c3cnccc23)CC1.CN(C)CCCCC(=O)N1CCC(c2cn(-c3ccc(Cl)cc3)c3cnccc23)CC1.Cl.O=C(N1CCNCC1)N1CCC(c2cn(-c3ccc(Cl)cc3)c3cnccc23)CC1.O=C(N1CCOCC1)N1CCC(c2cn(-c3ccc(Cl)cc3)c3cnccc23)CC1.O=C(O)C1CCC(c2nn(-c3ccc(Cl)cc3)c3cnccc23)CC1. The van der Waals surface area contributed by atoms with Crippen LogP contribution in [0.15, 0.2) is 232 Å². The van der Waals surface area contributed by atoms with Crippen LogP contribution in [-0.4, -0.2) is 255 Å². The molecular formula is C111H125Cl5N20O8. The molecule has 22 rings (SSSR count). The second kappa shape index (κ2) is 48.5. The van der Waals surface area contributed by atoms with Crippen molar-refractivity contribution in [3.05, 3.63) is 280 Å². The van der Waals surface area contributed by atoms with Crippen LogP contribution in [0.5, 0.6) is 0 Å². The molecule has 7 fully saturated rings. The van der Waals surface area contributed by atoms with E-state index >= 15 is 0 Å². The summed E-state index contributed by atoms with van der Waals surface area (Å²) in [6.45, 7) is 18.0. The van der Waals surface area contributed by atoms with E-state index in [1.54, 1.807) is 12.4 Å². The molecule has 752 valence electrons. The fourth-order valence-corrected chi connectivity index (χ4v) is 21.6. The van der Waals surface area contributed by atoms with Gasteiger partial charge in [0.25, 0.3) is 0 Å². The third kappa shape index (κ3) is 24.3. The lowest BCUT2D eigenvalue weighted by Gasteiger charge is -2.37. The Hall–Kier alpha value is -12.5. The number of amides is 5. The Morgan fingerprint density at radius 1 is 0.410 bits per heavy atom. The first-order chi connectivity index (χ1) is 69.7. The number of piperidine rings is 4. The molecule has 0 radical (unpaired) electrons. The number of aliphatic carboxylic acids is 1. The molecule has 15 aromatic rings. The molecule has 10 aromatic heterocycles. The monoisotopic (exact) mass is 2040 g/mol. The Bertz CT molecular complexity index is 6680. The Morgan fingerprint density at radius 3 is 1.21 bits per heavy atom. The number of piperazine rings is 1. The van der Waals surface area contributed by atoms with Crippen molar-refractivity contribution in [1.82, 2.24) is 92.9 Å². The molecule has 5 amide bonds. The van der Waals surface area contributed by atoms with Crippen molar-refractivity contribution < 1.29 is 38.6 Å². The number of hydrogen-bond acceptors (Lipinski definition) is 17. The highest BCUT2D eigenvalue weighted by molar-refractivity contribution is 6.31. The predicted octanol–water partition coefficient (Wildman–Crippen LogP) is 21.7. The molecule has 2 N–H and O–H groups in total. The number of pyridine rings is 5. The highest BCUT2D eigenvalue weighted by atomic mass is 35.5. The second-order valence-electron chi connectivity index (χ2n) is 38.3. The Morgan fingerprint density at radius 2 is 0.785 bits per heavy atom. The van der Waals surface area contributed by atoms with Gasteiger partial charge in [-0.2, -0.15) is 5.10 Å². The molecule has 5 aromatic carbocycles. The number of halogens is 5. The van der Waals surface area contributed by atoms with Gasteiger partial charge >= 0.3 is 24.0 Å². The standard InChI is InChI=1S/C25H31ClN4O.C23H26ClN5O.C23H25ClN4O2.C21H24N4O2.C19H18ClN3O2.ClH/c1-28(2)14-4-3-5-25(31)29-15-11-19(12-16-29)23-18-30(21-8-6-20(26)7-9-21)24-17-27-13-10-22(23)24;24-18-1-3-19(4-2-18)29-16-21(20-5-8-26-15-22(20)29)17-6-11-27(12-7-17)23(30)28-13-9-25-10-14-28;24-18-1-3-19(4-2-18)28-16-21(20-5-8-25-15-22(20)28)17-6-9-26(10-7-17)23(29)27-11-13-30-14-12-27;1-3-27-21(26)16-9-12-24(13-10-16)20-18-8-11-22-14-19(18)25(23-20)17-6-4-15(2)5-7-17;20-14-5-7-15(8-6-14)23-17-11-21-10-9-16(17)18(22-23)12-1-3-13(4-2-12)19(24)25;/h6-10,13,17-19H,3-5,11-12,14-16H2,1-2H3;1-5,8,15-17,25H,6-7,9-14H2;1-5,8,15-17H,6-7,9-14H2;4-8,11,14,16H,3,9-10,12-13H2,1-2H3;5-13H,1-4H2,(H,24,25);1H. The molecule has 0 bridgehead atoms. The number of nitrogens with one attached hydrogen (secondary N) is 1. The van der Waals surface area contributed by atoms with E-state index in [0.29, 0.717) is 80.9 Å². The van der Waals surface area contributed by atoms with Gasteiger partial charge in [-0.1, -0.05) is 64.1 Å². The summed E-state index contributed by atoms with van der Waals surface area (Å²) >= 11 is 24.2. The quantitative estimate of drug-likeness (QED) is 0.0596. The van der Waals surface area contributed by atoms with Gasteiger partial charge in [0, 0.05) is 218 Å². The Kier molecular flexibility index (Phi) is 34.6. The molecule has 7 aliphatic rings. The third-order valence-corrected chi connectivity index (χ3v) is 30.1. The van der Waals surface area contributed by atoms with Crippen LogP contribution in [0.2, 0.25) is 20.1 Å². The normalized spacial score (nSPS) is 17.3. The number of ether oxygens (including phenoxy) is 2. The van der Waals surface area contributed by atoms with E-state index < -0.39 is 5.97 Å². The lowest BCUT2D eigenvalue weighted by atomic mass is 9.80. The first kappa shape index (κ1) is 103. The van der Waals surface area contributed by atoms with Gasteiger partial charge in [-0.25, -0.2) is 19.0 Å². The van der Waals surface area contributed by atoms with E-state index in [0.717, 1.165) is 256 Å². The van der Waals surface area contributed by atoms with Crippen LogP contribution >= 0.6 is 58.8 Å². The number of fused-ring (bicyclic) bond motifs is 5. The summed E-state index contributed by atoms with van der Waals surface area (Å²) in [5.74, 6) is 1.89. The molecule has 6 saturated heterocycles. The molecule has 0 atom stereocenters. The third-order valence-electron chi connectivity index (χ3n) is 29.0. The van der Waals surface area contributed by atoms with E-state index in [9.17, 15) is 29.1 Å². The lowest BCUT2D eigenvalue weighted by Crippen LogP contribution is -2.52. The van der Waals surface area contributed by atoms with Gasteiger partial charge in [0.15, 0.2) is 5.82 Å². The lowest BCUT2D eigenvalue weighted by molar-refractivity contribution is -0.148. The number of unbranched alkanes of at least 4 members (excludes halogenated alkanes) is 1. The fourth-order valence-electron chi connectivity index (χ4n) is 21.1. The average Bonchev–Trinajstić information content (AvgIpc) is 1.64. The number of anilines is 1. The number of likely N-dealkylation sites (tertiary alicyclic amines) is 3. The van der Waals surface area contributed by atoms with E-state index in [2.05, 4.69) is 141 Å². The van der Waals surface area contributed by atoms with E-state index in [1.807, 2.05) is 195 Å². The summed E-state index contributed by atoms with van der Waals surface area (Å²) in [7, 11) is 4.15. The van der Waals surface area contributed by atoms with Gasteiger partial charge < -0.3 is 67.9 Å². The van der Waals surface area contributed by atoms with E-state index in [4.69, 9.17) is 66.1 Å². The van der Waals surface area contributed by atoms with Crippen LogP contribution in [0.3, 0.4) is 0 Å². The minimum Gasteiger partial charge on any atom is -0.481 e. The first-order valence-corrected chi connectivity index (χ1v) is 51.8. The number of benzene rings is 5. The second-order valence-corrected chi connectivity index (χ2v) is 40.1. The number of nitrogens with zero attached hydrogens (tertiary/aromatic N) is 19. The van der Waals surface area contributed by atoms with Crippen molar-refractivity contribution in [3.63, 3.8) is 0 Å². The van der Waals surface area contributed by atoms with Gasteiger partial charge in [-0.3, -0.25) is 39.3 Å². The number of hydrogen-bond donors (Lipinski definition) is 2. The number of carbonyl (C=O) groups is 5. The minimum absolute atomic E-state index is 0. The Labute approximate surface area is 865 Å². The van der Waals surface area contributed by atoms with Gasteiger partial charge in [-0.05, 0) is 298 Å². The summed E-state index contributed by atoms with van der Waals surface area (Å²) in [4.78, 5) is 97.4. The van der Waals surface area contributed by atoms with Gasteiger partial charge in [0.1, 0.15) is 0 Å². The molecule has 0 unspecified atom stereocenters. The van der Waals surface area contributed by atoms with Gasteiger partial charge in [0.05, 0.1) is 107 Å². The number of esters is 1. The molecule has 144 heavy (non-hydrogen) atoms. The van der Waals surface area contributed by atoms with Crippen LogP contribution in [0.4, 0.5) is 15.4 Å². The zero-order chi connectivity index (χ0) is 99.0. The molecule has 33 heteroatoms. The molecular weight excluding hydrogens is 1920 g/mol. The minimum atomic E-state index is -0.681. The Balaban J connectivity index is 0.000000123. The first-order valence-electron chi connectivity index (χ1n) is 50.3. The van der Waals surface area contributed by atoms with Crippen molar-refractivity contribution in [3.8, 4) is 28.4 Å². The summed E-state index contributed by atoms with van der Waals surface area (Å²) in [5.41, 5.74) is 16.7. The topological polar surface area (TPSA) is 274 Å². The average molecular weight is 2040 g/mol. The van der Waals surface area contributed by atoms with E-state index in [-0.39, 0.29) is 48.2 Å². The summed E-state index contributed by atoms with van der Waals surface area (Å²) in [6.07, 6.45) is 38.7. The van der Waals surface area contributed by atoms with Crippen LogP contribution in [0.1, 0.15) is 155 Å². The maximum atomic E-state index is 12.8. The maximum Gasteiger partial charge on any atom is 0.320 e. The maximum absolute atomic E-state index is 12.8. The molecule has 1 saturated carbocycles. The number of carbonyl (C=O) groups excluding carboxylic acids is 4. The summed E-state index contributed by atoms with van der Waals surface area (Å²) in [5, 5.41) is 31.1. The van der Waals surface area contributed by atoms with Crippen LogP contribution in [0.25, 0.3) is 83.0 Å². The highest BCUT2D eigenvalue weighted by Crippen LogP contribution is 2.43. The molecule has 0 spiro atoms. The smallest absolute Gasteiger partial charge is 0.320 e. The van der Waals surface area contributed by atoms with Crippen molar-refractivity contribution in [1.29, 1.82) is 0 Å². The molecule has 1 aliphatic carbocycles. The van der Waals surface area contributed by atoms with Crippen LogP contribution < -0.4 is 10.2 Å². The predicted molar refractivity (Wildman–Crippen MR) is 573 cm³/mol. The van der Waals surface area contributed by atoms with Crippen molar-refractivity contribution in [2.24, 2.45) is 11.8 Å². The fraction of sp³-hybridized carbons (Fsp3) is 0.387. The number of aromatic nitrogens is 12. The zero-order valence-electron chi connectivity index (χ0n) is 82.0. The van der Waals surface area contributed by atoms with Crippen molar-refractivity contribution >= 4 is 149 Å². The van der Waals surface area contributed by atoms with Crippen LogP contribution in [-0.2, 0) is 23.9 Å².